The van der Waals surface area contributed by atoms with Crippen LogP contribution in [0.3, 0.4) is 0 Å². The quantitative estimate of drug-likeness (QED) is 0.842. The first-order valence-corrected chi connectivity index (χ1v) is 4.95. The van der Waals surface area contributed by atoms with Gasteiger partial charge in [0.1, 0.15) is 5.82 Å². The fourth-order valence-corrected chi connectivity index (χ4v) is 1.43. The van der Waals surface area contributed by atoms with Gasteiger partial charge < -0.3 is 5.73 Å². The summed E-state index contributed by atoms with van der Waals surface area (Å²) in [6.07, 6.45) is 4.47. The van der Waals surface area contributed by atoms with Gasteiger partial charge in [0.05, 0.1) is 17.8 Å². The summed E-state index contributed by atoms with van der Waals surface area (Å²) < 4.78 is 1.41. The molecule has 0 saturated heterocycles. The summed E-state index contributed by atoms with van der Waals surface area (Å²) >= 11 is 5.75. The molecule has 0 fully saturated rings. The van der Waals surface area contributed by atoms with Gasteiger partial charge in [0.25, 0.3) is 0 Å². The van der Waals surface area contributed by atoms with E-state index in [2.05, 4.69) is 9.97 Å². The Balaban J connectivity index is 2.30. The maximum absolute atomic E-state index is 11.4. The fraction of sp³-hybridized carbons (Fsp3) is 0.100. The Bertz CT molecular complexity index is 549. The van der Waals surface area contributed by atoms with Crippen molar-refractivity contribution in [3.8, 4) is 0 Å². The molecule has 0 atom stereocenters. The van der Waals surface area contributed by atoms with E-state index in [1.807, 2.05) is 0 Å². The second-order valence-electron chi connectivity index (χ2n) is 3.27. The van der Waals surface area contributed by atoms with Crippen molar-refractivity contribution in [2.45, 2.75) is 6.54 Å². The minimum absolute atomic E-state index is 0.346. The zero-order valence-corrected chi connectivity index (χ0v) is 9.05. The van der Waals surface area contributed by atoms with E-state index in [4.69, 9.17) is 17.3 Å². The smallest absolute Gasteiger partial charge is 0.347 e. The van der Waals surface area contributed by atoms with Crippen LogP contribution in [-0.4, -0.2) is 14.5 Å². The number of halogens is 1. The van der Waals surface area contributed by atoms with E-state index in [0.29, 0.717) is 17.4 Å². The SMILES string of the molecule is Nc1ccc(Cn2cc(Cl)cnc2=O)cn1. The molecule has 0 unspecified atom stereocenters. The highest BCUT2D eigenvalue weighted by Gasteiger charge is 2.00. The first-order chi connectivity index (χ1) is 7.65. The molecule has 0 radical (unpaired) electrons. The van der Waals surface area contributed by atoms with Crippen LogP contribution < -0.4 is 11.4 Å². The fourth-order valence-electron chi connectivity index (χ4n) is 1.27. The molecule has 0 aromatic carbocycles. The molecule has 16 heavy (non-hydrogen) atoms. The van der Waals surface area contributed by atoms with Crippen LogP contribution in [0.4, 0.5) is 5.82 Å². The van der Waals surface area contributed by atoms with Crippen LogP contribution >= 0.6 is 11.6 Å². The number of rotatable bonds is 2. The molecule has 0 amide bonds. The van der Waals surface area contributed by atoms with Gasteiger partial charge in [-0.15, -0.1) is 0 Å². The van der Waals surface area contributed by atoms with Gasteiger partial charge in [-0.1, -0.05) is 17.7 Å². The van der Waals surface area contributed by atoms with Crippen LogP contribution in [0.15, 0.2) is 35.5 Å². The molecule has 5 nitrogen and oxygen atoms in total. The van der Waals surface area contributed by atoms with Crippen molar-refractivity contribution in [2.24, 2.45) is 0 Å². The maximum Gasteiger partial charge on any atom is 0.347 e. The Morgan fingerprint density at radius 1 is 1.31 bits per heavy atom. The van der Waals surface area contributed by atoms with Gasteiger partial charge in [-0.3, -0.25) is 4.57 Å². The predicted molar refractivity (Wildman–Crippen MR) is 61.3 cm³/mol. The van der Waals surface area contributed by atoms with Gasteiger partial charge in [0, 0.05) is 12.4 Å². The van der Waals surface area contributed by atoms with E-state index < -0.39 is 0 Å². The van der Waals surface area contributed by atoms with Gasteiger partial charge in [0.15, 0.2) is 0 Å². The predicted octanol–water partition coefficient (Wildman–Crippen LogP) is 0.922. The normalized spacial score (nSPS) is 10.3. The lowest BCUT2D eigenvalue weighted by molar-refractivity contribution is 0.725. The molecular formula is C10H9ClN4O. The standard InChI is InChI=1S/C10H9ClN4O/c11-8-4-14-10(16)15(6-8)5-7-1-2-9(12)13-3-7/h1-4,6H,5H2,(H2,12,13). The summed E-state index contributed by atoms with van der Waals surface area (Å²) in [5.74, 6) is 0.445. The van der Waals surface area contributed by atoms with E-state index in [-0.39, 0.29) is 5.69 Å². The second kappa shape index (κ2) is 4.32. The number of hydrogen-bond donors (Lipinski definition) is 1. The Labute approximate surface area is 96.5 Å². The lowest BCUT2D eigenvalue weighted by Gasteiger charge is -2.04. The lowest BCUT2D eigenvalue weighted by Crippen LogP contribution is -2.22. The highest BCUT2D eigenvalue weighted by molar-refractivity contribution is 6.30. The molecule has 0 saturated carbocycles. The van der Waals surface area contributed by atoms with E-state index >= 15 is 0 Å². The van der Waals surface area contributed by atoms with Crippen molar-refractivity contribution in [1.29, 1.82) is 0 Å². The number of pyridine rings is 1. The van der Waals surface area contributed by atoms with Crippen molar-refractivity contribution < 1.29 is 0 Å². The van der Waals surface area contributed by atoms with Crippen molar-refractivity contribution >= 4 is 17.4 Å². The maximum atomic E-state index is 11.4. The van der Waals surface area contributed by atoms with Gasteiger partial charge in [-0.05, 0) is 11.6 Å². The molecule has 82 valence electrons. The number of hydrogen-bond acceptors (Lipinski definition) is 4. The Kier molecular flexibility index (Phi) is 2.87. The molecule has 2 heterocycles. The average molecular weight is 237 g/mol. The van der Waals surface area contributed by atoms with Gasteiger partial charge in [0.2, 0.25) is 0 Å². The van der Waals surface area contributed by atoms with Crippen molar-refractivity contribution in [3.63, 3.8) is 0 Å². The first kappa shape index (κ1) is 10.6. The summed E-state index contributed by atoms with van der Waals surface area (Å²) in [6, 6.07) is 3.48. The topological polar surface area (TPSA) is 73.8 Å². The molecule has 0 aliphatic heterocycles. The number of anilines is 1. The highest BCUT2D eigenvalue weighted by atomic mass is 35.5. The van der Waals surface area contributed by atoms with Crippen LogP contribution in [0, 0.1) is 0 Å². The minimum atomic E-state index is -0.346. The monoisotopic (exact) mass is 236 g/mol. The van der Waals surface area contributed by atoms with Crippen molar-refractivity contribution in [2.75, 3.05) is 5.73 Å². The summed E-state index contributed by atoms with van der Waals surface area (Å²) in [5, 5.41) is 0.419. The van der Waals surface area contributed by atoms with Crippen LogP contribution in [0.1, 0.15) is 5.56 Å². The van der Waals surface area contributed by atoms with E-state index in [1.165, 1.54) is 17.0 Å². The van der Waals surface area contributed by atoms with Gasteiger partial charge >= 0.3 is 5.69 Å². The molecule has 2 rings (SSSR count). The zero-order valence-electron chi connectivity index (χ0n) is 8.30. The molecule has 0 spiro atoms. The van der Waals surface area contributed by atoms with Gasteiger partial charge in [-0.25, -0.2) is 14.8 Å². The Hall–Kier alpha value is -1.88. The molecular weight excluding hydrogens is 228 g/mol. The minimum Gasteiger partial charge on any atom is -0.384 e. The van der Waals surface area contributed by atoms with Crippen LogP contribution in [0.5, 0.6) is 0 Å². The first-order valence-electron chi connectivity index (χ1n) is 4.57. The average Bonchev–Trinajstić information content (AvgIpc) is 2.27. The third-order valence-electron chi connectivity index (χ3n) is 2.02. The summed E-state index contributed by atoms with van der Waals surface area (Å²) in [4.78, 5) is 18.9. The second-order valence-corrected chi connectivity index (χ2v) is 3.71. The summed E-state index contributed by atoms with van der Waals surface area (Å²) in [7, 11) is 0. The summed E-state index contributed by atoms with van der Waals surface area (Å²) in [6.45, 7) is 0.375. The Morgan fingerprint density at radius 2 is 2.12 bits per heavy atom. The van der Waals surface area contributed by atoms with E-state index in [9.17, 15) is 4.79 Å². The summed E-state index contributed by atoms with van der Waals surface area (Å²) in [5.41, 5.74) is 5.98. The Morgan fingerprint density at radius 3 is 2.81 bits per heavy atom. The van der Waals surface area contributed by atoms with Crippen molar-refractivity contribution in [1.82, 2.24) is 14.5 Å². The number of aromatic nitrogens is 3. The van der Waals surface area contributed by atoms with Crippen LogP contribution in [-0.2, 0) is 6.54 Å². The third-order valence-corrected chi connectivity index (χ3v) is 2.22. The van der Waals surface area contributed by atoms with Gasteiger partial charge in [-0.2, -0.15) is 0 Å². The molecule has 0 bridgehead atoms. The van der Waals surface area contributed by atoms with Crippen LogP contribution in [0.25, 0.3) is 0 Å². The molecule has 2 aromatic heterocycles. The highest BCUT2D eigenvalue weighted by Crippen LogP contribution is 2.05. The number of nitrogens with zero attached hydrogens (tertiary/aromatic N) is 3. The lowest BCUT2D eigenvalue weighted by atomic mass is 10.3. The molecule has 0 aliphatic carbocycles. The van der Waals surface area contributed by atoms with E-state index in [1.54, 1.807) is 18.3 Å². The largest absolute Gasteiger partial charge is 0.384 e. The van der Waals surface area contributed by atoms with Crippen molar-refractivity contribution in [3.05, 3.63) is 51.8 Å². The zero-order chi connectivity index (χ0) is 11.5. The third kappa shape index (κ3) is 2.38. The molecule has 6 heteroatoms. The van der Waals surface area contributed by atoms with Crippen LogP contribution in [0.2, 0.25) is 5.02 Å². The molecule has 2 N–H and O–H groups in total. The van der Waals surface area contributed by atoms with E-state index in [0.717, 1.165) is 5.56 Å². The molecule has 2 aromatic rings. The number of nitrogens with two attached hydrogens (primary N) is 1. The number of nitrogen functional groups attached to an aromatic ring is 1. The molecule has 0 aliphatic rings.